The van der Waals surface area contributed by atoms with Gasteiger partial charge >= 0.3 is 0 Å². The molecule has 0 unspecified atom stereocenters. The predicted octanol–water partition coefficient (Wildman–Crippen LogP) is 4.23. The number of benzene rings is 1. The minimum absolute atomic E-state index is 0.0588. The van der Waals surface area contributed by atoms with Crippen LogP contribution in [0.5, 0.6) is 0 Å². The number of hydrogen-bond donors (Lipinski definition) is 0. The van der Waals surface area contributed by atoms with Crippen LogP contribution in [0, 0.1) is 0 Å². The van der Waals surface area contributed by atoms with E-state index < -0.39 is 0 Å². The lowest BCUT2D eigenvalue weighted by atomic mass is 10.1. The second-order valence-corrected chi connectivity index (χ2v) is 6.57. The van der Waals surface area contributed by atoms with E-state index in [1.54, 1.807) is 0 Å². The SMILES string of the molecule is CC(C)N(C(=O)c1cccc(N(CCCl)CCCl)c1)C(C)C. The van der Waals surface area contributed by atoms with E-state index in [0.29, 0.717) is 30.4 Å². The third-order valence-corrected chi connectivity index (χ3v) is 3.85. The van der Waals surface area contributed by atoms with Crippen molar-refractivity contribution in [3.63, 3.8) is 0 Å². The van der Waals surface area contributed by atoms with Gasteiger partial charge in [-0.2, -0.15) is 0 Å². The first-order valence-corrected chi connectivity index (χ1v) is 8.78. The summed E-state index contributed by atoms with van der Waals surface area (Å²) >= 11 is 11.7. The van der Waals surface area contributed by atoms with Gasteiger partial charge in [-0.25, -0.2) is 0 Å². The molecule has 0 saturated heterocycles. The zero-order valence-corrected chi connectivity index (χ0v) is 15.4. The second kappa shape index (κ2) is 9.26. The molecule has 1 rings (SSSR count). The Morgan fingerprint density at radius 2 is 1.59 bits per heavy atom. The molecule has 0 aliphatic heterocycles. The van der Waals surface area contributed by atoms with Crippen molar-refractivity contribution in [3.8, 4) is 0 Å². The fraction of sp³-hybridized carbons (Fsp3) is 0.588. The first-order valence-electron chi connectivity index (χ1n) is 7.72. The number of anilines is 1. The standard InChI is InChI=1S/C17H26Cl2N2O/c1-13(2)21(14(3)4)17(22)15-6-5-7-16(12-15)20(10-8-18)11-9-19/h5-7,12-14H,8-11H2,1-4H3. The molecule has 0 radical (unpaired) electrons. The summed E-state index contributed by atoms with van der Waals surface area (Å²) in [5.74, 6) is 1.11. The first kappa shape index (κ1) is 19.1. The Morgan fingerprint density at radius 3 is 2.05 bits per heavy atom. The third kappa shape index (κ3) is 5.06. The summed E-state index contributed by atoms with van der Waals surface area (Å²) in [5, 5.41) is 0. The van der Waals surface area contributed by atoms with Gasteiger partial charge in [-0.1, -0.05) is 6.07 Å². The lowest BCUT2D eigenvalue weighted by molar-refractivity contribution is 0.0644. The van der Waals surface area contributed by atoms with Gasteiger partial charge in [0.2, 0.25) is 0 Å². The minimum atomic E-state index is 0.0588. The van der Waals surface area contributed by atoms with Crippen molar-refractivity contribution in [1.82, 2.24) is 4.90 Å². The smallest absolute Gasteiger partial charge is 0.254 e. The van der Waals surface area contributed by atoms with Crippen LogP contribution in [0.1, 0.15) is 38.1 Å². The number of hydrogen-bond acceptors (Lipinski definition) is 2. The van der Waals surface area contributed by atoms with Crippen molar-refractivity contribution < 1.29 is 4.79 Å². The Balaban J connectivity index is 3.06. The topological polar surface area (TPSA) is 23.6 Å². The van der Waals surface area contributed by atoms with E-state index in [-0.39, 0.29) is 18.0 Å². The summed E-state index contributed by atoms with van der Waals surface area (Å²) in [7, 11) is 0. The van der Waals surface area contributed by atoms with Crippen molar-refractivity contribution in [2.75, 3.05) is 29.7 Å². The molecule has 5 heteroatoms. The maximum Gasteiger partial charge on any atom is 0.254 e. The zero-order valence-electron chi connectivity index (χ0n) is 13.9. The highest BCUT2D eigenvalue weighted by molar-refractivity contribution is 6.18. The van der Waals surface area contributed by atoms with Gasteiger partial charge in [0.05, 0.1) is 0 Å². The van der Waals surface area contributed by atoms with Gasteiger partial charge in [-0.05, 0) is 45.9 Å². The van der Waals surface area contributed by atoms with Crippen LogP contribution < -0.4 is 4.90 Å². The van der Waals surface area contributed by atoms with E-state index in [1.807, 2.05) is 56.9 Å². The Hall–Kier alpha value is -0.930. The molecule has 0 aromatic heterocycles. The Morgan fingerprint density at radius 1 is 1.05 bits per heavy atom. The van der Waals surface area contributed by atoms with Crippen LogP contribution in [0.2, 0.25) is 0 Å². The Labute approximate surface area is 144 Å². The molecule has 0 fully saturated rings. The quantitative estimate of drug-likeness (QED) is 0.659. The maximum absolute atomic E-state index is 12.8. The molecule has 1 amide bonds. The van der Waals surface area contributed by atoms with Gasteiger partial charge in [-0.3, -0.25) is 4.79 Å². The van der Waals surface area contributed by atoms with E-state index in [2.05, 4.69) is 4.90 Å². The van der Waals surface area contributed by atoms with Gasteiger partial charge in [0.15, 0.2) is 0 Å². The van der Waals surface area contributed by atoms with E-state index in [1.165, 1.54) is 0 Å². The van der Waals surface area contributed by atoms with Crippen molar-refractivity contribution in [3.05, 3.63) is 29.8 Å². The summed E-state index contributed by atoms with van der Waals surface area (Å²) in [4.78, 5) is 16.8. The number of nitrogens with zero attached hydrogens (tertiary/aromatic N) is 2. The number of alkyl halides is 2. The largest absolute Gasteiger partial charge is 0.369 e. The van der Waals surface area contributed by atoms with E-state index >= 15 is 0 Å². The molecule has 3 nitrogen and oxygen atoms in total. The molecule has 0 aliphatic rings. The molecule has 0 aliphatic carbocycles. The molecule has 0 N–H and O–H groups in total. The van der Waals surface area contributed by atoms with Crippen molar-refractivity contribution in [2.24, 2.45) is 0 Å². The molecule has 124 valence electrons. The van der Waals surface area contributed by atoms with Crippen LogP contribution in [0.15, 0.2) is 24.3 Å². The average molecular weight is 345 g/mol. The lowest BCUT2D eigenvalue weighted by Crippen LogP contribution is -2.42. The molecule has 0 heterocycles. The predicted molar refractivity (Wildman–Crippen MR) is 96.5 cm³/mol. The van der Waals surface area contributed by atoms with Gasteiger partial charge in [0.1, 0.15) is 0 Å². The number of carbonyl (C=O) groups excluding carboxylic acids is 1. The molecule has 0 atom stereocenters. The normalized spacial score (nSPS) is 11.1. The molecule has 1 aromatic rings. The molecule has 0 bridgehead atoms. The van der Waals surface area contributed by atoms with Crippen LogP contribution in [0.4, 0.5) is 5.69 Å². The van der Waals surface area contributed by atoms with Gasteiger partial charge in [-0.15, -0.1) is 23.2 Å². The number of rotatable bonds is 8. The highest BCUT2D eigenvalue weighted by Gasteiger charge is 2.22. The van der Waals surface area contributed by atoms with E-state index in [4.69, 9.17) is 23.2 Å². The monoisotopic (exact) mass is 344 g/mol. The summed E-state index contributed by atoms with van der Waals surface area (Å²) in [6.07, 6.45) is 0. The number of amides is 1. The molecule has 0 spiro atoms. The second-order valence-electron chi connectivity index (χ2n) is 5.82. The van der Waals surface area contributed by atoms with Gasteiger partial charge in [0.25, 0.3) is 5.91 Å². The van der Waals surface area contributed by atoms with Crippen molar-refractivity contribution >= 4 is 34.8 Å². The van der Waals surface area contributed by atoms with E-state index in [9.17, 15) is 4.79 Å². The molecular formula is C17H26Cl2N2O. The van der Waals surface area contributed by atoms with Crippen LogP contribution in [0.3, 0.4) is 0 Å². The summed E-state index contributed by atoms with van der Waals surface area (Å²) in [6.45, 7) is 9.57. The van der Waals surface area contributed by atoms with E-state index in [0.717, 1.165) is 5.69 Å². The highest BCUT2D eigenvalue weighted by Crippen LogP contribution is 2.19. The molecule has 0 saturated carbocycles. The van der Waals surface area contributed by atoms with Gasteiger partial charge in [0, 0.05) is 48.2 Å². The average Bonchev–Trinajstić information content (AvgIpc) is 2.46. The van der Waals surface area contributed by atoms with Crippen LogP contribution in [-0.4, -0.2) is 47.7 Å². The summed E-state index contributed by atoms with van der Waals surface area (Å²) in [6, 6.07) is 8.03. The Bertz CT molecular complexity index is 463. The number of carbonyl (C=O) groups is 1. The first-order chi connectivity index (χ1) is 10.4. The molecule has 22 heavy (non-hydrogen) atoms. The van der Waals surface area contributed by atoms with Crippen LogP contribution in [0.25, 0.3) is 0 Å². The van der Waals surface area contributed by atoms with Crippen LogP contribution >= 0.6 is 23.2 Å². The minimum Gasteiger partial charge on any atom is -0.369 e. The fourth-order valence-corrected chi connectivity index (χ4v) is 3.03. The Kier molecular flexibility index (Phi) is 8.05. The summed E-state index contributed by atoms with van der Waals surface area (Å²) < 4.78 is 0. The van der Waals surface area contributed by atoms with Gasteiger partial charge < -0.3 is 9.80 Å². The molecule has 1 aromatic carbocycles. The summed E-state index contributed by atoms with van der Waals surface area (Å²) in [5.41, 5.74) is 1.69. The van der Waals surface area contributed by atoms with Crippen molar-refractivity contribution in [1.29, 1.82) is 0 Å². The zero-order chi connectivity index (χ0) is 16.7. The molecular weight excluding hydrogens is 319 g/mol. The fourth-order valence-electron chi connectivity index (χ4n) is 2.62. The highest BCUT2D eigenvalue weighted by atomic mass is 35.5. The maximum atomic E-state index is 12.8. The van der Waals surface area contributed by atoms with Crippen molar-refractivity contribution in [2.45, 2.75) is 39.8 Å². The number of halogens is 2. The van der Waals surface area contributed by atoms with Crippen LogP contribution in [-0.2, 0) is 0 Å². The lowest BCUT2D eigenvalue weighted by Gasteiger charge is -2.31. The third-order valence-electron chi connectivity index (χ3n) is 3.51.